The quantitative estimate of drug-likeness (QED) is 0.836. The van der Waals surface area contributed by atoms with Crippen molar-refractivity contribution in [2.24, 2.45) is 0 Å². The first-order chi connectivity index (χ1) is 9.52. The Balaban J connectivity index is 2.15. The average Bonchev–Trinajstić information content (AvgIpc) is 2.69. The van der Waals surface area contributed by atoms with E-state index in [1.165, 1.54) is 6.07 Å². The van der Waals surface area contributed by atoms with Gasteiger partial charge in [0.1, 0.15) is 11.6 Å². The molecule has 0 bridgehead atoms. The van der Waals surface area contributed by atoms with Gasteiger partial charge in [0, 0.05) is 19.4 Å². The summed E-state index contributed by atoms with van der Waals surface area (Å²) in [5.41, 5.74) is 2.15. The van der Waals surface area contributed by atoms with Crippen LogP contribution in [0.1, 0.15) is 23.9 Å². The first-order valence-electron chi connectivity index (χ1n) is 6.49. The van der Waals surface area contributed by atoms with E-state index in [2.05, 4.69) is 21.0 Å². The number of carbonyl (C=O) groups excluding carboxylic acids is 1. The van der Waals surface area contributed by atoms with Crippen molar-refractivity contribution >= 4 is 21.7 Å². The number of Topliss-reactive ketones (excluding diaryl/α,β-unsaturated/α-hetero) is 1. The number of benzene rings is 1. The van der Waals surface area contributed by atoms with Crippen LogP contribution in [0.5, 0.6) is 0 Å². The summed E-state index contributed by atoms with van der Waals surface area (Å²) in [4.78, 5) is 12.1. The SMILES string of the molecule is CCn1nc(C)c(Br)c1CC(=O)Cc1ccccc1F. The molecule has 0 spiro atoms. The summed E-state index contributed by atoms with van der Waals surface area (Å²) >= 11 is 3.46. The maximum absolute atomic E-state index is 13.5. The molecule has 0 amide bonds. The van der Waals surface area contributed by atoms with Crippen molar-refractivity contribution in [1.82, 2.24) is 9.78 Å². The molecule has 0 aliphatic carbocycles. The molecule has 0 saturated heterocycles. The van der Waals surface area contributed by atoms with Gasteiger partial charge in [0.2, 0.25) is 0 Å². The summed E-state index contributed by atoms with van der Waals surface area (Å²) in [6.45, 7) is 4.57. The van der Waals surface area contributed by atoms with E-state index in [-0.39, 0.29) is 24.4 Å². The molecule has 0 fully saturated rings. The van der Waals surface area contributed by atoms with Gasteiger partial charge in [-0.2, -0.15) is 5.10 Å². The van der Waals surface area contributed by atoms with Gasteiger partial charge in [0.25, 0.3) is 0 Å². The van der Waals surface area contributed by atoms with Gasteiger partial charge in [0.05, 0.1) is 15.9 Å². The van der Waals surface area contributed by atoms with Crippen molar-refractivity contribution in [2.75, 3.05) is 0 Å². The number of hydrogen-bond acceptors (Lipinski definition) is 2. The highest BCUT2D eigenvalue weighted by atomic mass is 79.9. The summed E-state index contributed by atoms with van der Waals surface area (Å²) in [5, 5.41) is 4.35. The smallest absolute Gasteiger partial charge is 0.143 e. The molecule has 2 rings (SSSR count). The number of rotatable bonds is 5. The summed E-state index contributed by atoms with van der Waals surface area (Å²) in [7, 11) is 0. The lowest BCUT2D eigenvalue weighted by Gasteiger charge is -2.06. The van der Waals surface area contributed by atoms with E-state index >= 15 is 0 Å². The molecule has 3 nitrogen and oxygen atoms in total. The van der Waals surface area contributed by atoms with Gasteiger partial charge in [-0.15, -0.1) is 0 Å². The fraction of sp³-hybridized carbons (Fsp3) is 0.333. The lowest BCUT2D eigenvalue weighted by Crippen LogP contribution is -2.12. The maximum Gasteiger partial charge on any atom is 0.143 e. The van der Waals surface area contributed by atoms with Gasteiger partial charge >= 0.3 is 0 Å². The number of nitrogens with zero attached hydrogens (tertiary/aromatic N) is 2. The van der Waals surface area contributed by atoms with Crippen molar-refractivity contribution in [1.29, 1.82) is 0 Å². The van der Waals surface area contributed by atoms with Crippen LogP contribution in [-0.4, -0.2) is 15.6 Å². The Kier molecular flexibility index (Phi) is 4.70. The minimum absolute atomic E-state index is 0.0228. The maximum atomic E-state index is 13.5. The van der Waals surface area contributed by atoms with E-state index in [1.807, 2.05) is 13.8 Å². The molecule has 0 aliphatic heterocycles. The van der Waals surface area contributed by atoms with Crippen LogP contribution in [0.3, 0.4) is 0 Å². The highest BCUT2D eigenvalue weighted by molar-refractivity contribution is 9.10. The predicted molar refractivity (Wildman–Crippen MR) is 79.2 cm³/mol. The molecule has 0 saturated carbocycles. The van der Waals surface area contributed by atoms with Crippen molar-refractivity contribution in [3.05, 3.63) is 51.5 Å². The van der Waals surface area contributed by atoms with Crippen LogP contribution in [0.15, 0.2) is 28.7 Å². The molecule has 0 N–H and O–H groups in total. The Morgan fingerprint density at radius 1 is 1.35 bits per heavy atom. The Hall–Kier alpha value is -1.49. The van der Waals surface area contributed by atoms with Gasteiger partial charge in [-0.1, -0.05) is 18.2 Å². The third-order valence-electron chi connectivity index (χ3n) is 3.16. The first kappa shape index (κ1) is 14.9. The number of aromatic nitrogens is 2. The second kappa shape index (κ2) is 6.31. The second-order valence-corrected chi connectivity index (χ2v) is 5.44. The molecular weight excluding hydrogens is 323 g/mol. The third-order valence-corrected chi connectivity index (χ3v) is 4.19. The van der Waals surface area contributed by atoms with Crippen LogP contribution >= 0.6 is 15.9 Å². The third kappa shape index (κ3) is 3.15. The van der Waals surface area contributed by atoms with Crippen molar-refractivity contribution in [3.8, 4) is 0 Å². The molecule has 0 radical (unpaired) electrons. The molecule has 5 heteroatoms. The van der Waals surface area contributed by atoms with Crippen LogP contribution in [0, 0.1) is 12.7 Å². The van der Waals surface area contributed by atoms with Gasteiger partial charge in [-0.3, -0.25) is 9.48 Å². The molecule has 106 valence electrons. The van der Waals surface area contributed by atoms with E-state index in [1.54, 1.807) is 22.9 Å². The minimum Gasteiger partial charge on any atom is -0.299 e. The van der Waals surface area contributed by atoms with Crippen molar-refractivity contribution in [2.45, 2.75) is 33.2 Å². The number of aryl methyl sites for hydroxylation is 2. The molecule has 1 aromatic carbocycles. The fourth-order valence-electron chi connectivity index (χ4n) is 2.14. The minimum atomic E-state index is -0.333. The van der Waals surface area contributed by atoms with Gasteiger partial charge in [0.15, 0.2) is 0 Å². The zero-order valence-corrected chi connectivity index (χ0v) is 13.1. The Morgan fingerprint density at radius 3 is 2.70 bits per heavy atom. The normalized spacial score (nSPS) is 10.8. The summed E-state index contributed by atoms with van der Waals surface area (Å²) < 4.78 is 16.2. The first-order valence-corrected chi connectivity index (χ1v) is 7.29. The fourth-order valence-corrected chi connectivity index (χ4v) is 2.57. The number of carbonyl (C=O) groups is 1. The van der Waals surface area contributed by atoms with E-state index in [0.29, 0.717) is 12.1 Å². The van der Waals surface area contributed by atoms with Crippen molar-refractivity contribution in [3.63, 3.8) is 0 Å². The standard InChI is InChI=1S/C15H16BrFN2O/c1-3-19-14(15(16)10(2)18-19)9-12(20)8-11-6-4-5-7-13(11)17/h4-7H,3,8-9H2,1-2H3. The van der Waals surface area contributed by atoms with Crippen LogP contribution in [-0.2, 0) is 24.2 Å². The molecule has 0 atom stereocenters. The van der Waals surface area contributed by atoms with Crippen LogP contribution in [0.2, 0.25) is 0 Å². The Labute approximate surface area is 125 Å². The van der Waals surface area contributed by atoms with Crippen molar-refractivity contribution < 1.29 is 9.18 Å². The van der Waals surface area contributed by atoms with Crippen LogP contribution < -0.4 is 0 Å². The van der Waals surface area contributed by atoms with Gasteiger partial charge < -0.3 is 0 Å². The molecule has 0 unspecified atom stereocenters. The molecule has 2 aromatic rings. The molecule has 20 heavy (non-hydrogen) atoms. The Bertz CT molecular complexity index is 637. The Morgan fingerprint density at radius 2 is 2.05 bits per heavy atom. The number of hydrogen-bond donors (Lipinski definition) is 0. The van der Waals surface area contributed by atoms with Crippen LogP contribution in [0.4, 0.5) is 4.39 Å². The topological polar surface area (TPSA) is 34.9 Å². The zero-order valence-electron chi connectivity index (χ0n) is 11.5. The summed E-state index contributed by atoms with van der Waals surface area (Å²) in [5.74, 6) is -0.356. The van der Waals surface area contributed by atoms with Crippen LogP contribution in [0.25, 0.3) is 0 Å². The monoisotopic (exact) mass is 338 g/mol. The predicted octanol–water partition coefficient (Wildman–Crippen LogP) is 3.47. The van der Waals surface area contributed by atoms with E-state index in [0.717, 1.165) is 15.9 Å². The zero-order chi connectivity index (χ0) is 14.7. The highest BCUT2D eigenvalue weighted by Crippen LogP contribution is 2.22. The summed E-state index contributed by atoms with van der Waals surface area (Å²) in [6, 6.07) is 6.38. The largest absolute Gasteiger partial charge is 0.299 e. The molecule has 1 heterocycles. The molecule has 0 aliphatic rings. The van der Waals surface area contributed by atoms with E-state index < -0.39 is 0 Å². The molecular formula is C15H16BrFN2O. The lowest BCUT2D eigenvalue weighted by molar-refractivity contribution is -0.117. The second-order valence-electron chi connectivity index (χ2n) is 4.65. The lowest BCUT2D eigenvalue weighted by atomic mass is 10.1. The number of ketones is 1. The van der Waals surface area contributed by atoms with Gasteiger partial charge in [-0.05, 0) is 41.4 Å². The average molecular weight is 339 g/mol. The van der Waals surface area contributed by atoms with E-state index in [9.17, 15) is 9.18 Å². The number of halogens is 2. The van der Waals surface area contributed by atoms with E-state index in [4.69, 9.17) is 0 Å². The summed E-state index contributed by atoms with van der Waals surface area (Å²) in [6.07, 6.45) is 0.358. The molecule has 1 aromatic heterocycles. The van der Waals surface area contributed by atoms with Gasteiger partial charge in [-0.25, -0.2) is 4.39 Å². The highest BCUT2D eigenvalue weighted by Gasteiger charge is 2.16.